The van der Waals surface area contributed by atoms with E-state index < -0.39 is 0 Å². The van der Waals surface area contributed by atoms with Crippen molar-refractivity contribution in [3.63, 3.8) is 0 Å². The van der Waals surface area contributed by atoms with Gasteiger partial charge in [0.2, 0.25) is 5.91 Å². The average Bonchev–Trinajstić information content (AvgIpc) is 3.49. The van der Waals surface area contributed by atoms with Gasteiger partial charge in [-0.1, -0.05) is 24.3 Å². The second-order valence-corrected chi connectivity index (χ2v) is 7.99. The van der Waals surface area contributed by atoms with E-state index in [1.807, 2.05) is 49.1 Å². The van der Waals surface area contributed by atoms with Gasteiger partial charge in [0.1, 0.15) is 11.5 Å². The van der Waals surface area contributed by atoms with E-state index in [2.05, 4.69) is 11.0 Å². The molecule has 0 aromatic heterocycles. The molecule has 5 heteroatoms. The fourth-order valence-electron chi connectivity index (χ4n) is 4.07. The second-order valence-electron chi connectivity index (χ2n) is 7.99. The Morgan fingerprint density at radius 3 is 2.54 bits per heavy atom. The minimum absolute atomic E-state index is 0.0601. The fourth-order valence-corrected chi connectivity index (χ4v) is 4.07. The summed E-state index contributed by atoms with van der Waals surface area (Å²) in [5, 5.41) is 9.67. The van der Waals surface area contributed by atoms with Crippen LogP contribution in [-0.4, -0.2) is 48.2 Å². The summed E-state index contributed by atoms with van der Waals surface area (Å²) in [6, 6.07) is 15.4. The van der Waals surface area contributed by atoms with E-state index >= 15 is 0 Å². The molecule has 4 rings (SSSR count). The van der Waals surface area contributed by atoms with E-state index in [1.165, 1.54) is 0 Å². The first-order valence-corrected chi connectivity index (χ1v) is 10.1. The van der Waals surface area contributed by atoms with E-state index in [9.17, 15) is 9.90 Å². The van der Waals surface area contributed by atoms with Crippen LogP contribution in [0.15, 0.2) is 48.5 Å². The lowest BCUT2D eigenvalue weighted by Gasteiger charge is -2.37. The fraction of sp³-hybridized carbons (Fsp3) is 0.435. The monoisotopic (exact) mass is 380 g/mol. The molecule has 0 radical (unpaired) electrons. The minimum atomic E-state index is 0.0601. The predicted octanol–water partition coefficient (Wildman–Crippen LogP) is 3.63. The molecule has 1 aliphatic heterocycles. The third-order valence-corrected chi connectivity index (χ3v) is 5.57. The average molecular weight is 380 g/mol. The van der Waals surface area contributed by atoms with Gasteiger partial charge >= 0.3 is 0 Å². The molecule has 1 amide bonds. The molecule has 5 nitrogen and oxygen atoms in total. The number of amides is 1. The number of piperazine rings is 1. The lowest BCUT2D eigenvalue weighted by molar-refractivity contribution is -0.132. The molecule has 2 atom stereocenters. The maximum Gasteiger partial charge on any atom is 0.226 e. The maximum atomic E-state index is 12.9. The van der Waals surface area contributed by atoms with Gasteiger partial charge in [0.05, 0.1) is 11.8 Å². The molecule has 28 heavy (non-hydrogen) atoms. The van der Waals surface area contributed by atoms with Crippen molar-refractivity contribution in [2.45, 2.75) is 32.3 Å². The van der Waals surface area contributed by atoms with Crippen LogP contribution in [0.5, 0.6) is 11.5 Å². The molecule has 2 fully saturated rings. The van der Waals surface area contributed by atoms with Crippen LogP contribution in [-0.2, 0) is 4.79 Å². The number of carbonyl (C=O) groups is 1. The molecule has 1 N–H and O–H groups in total. The van der Waals surface area contributed by atoms with Gasteiger partial charge in [0, 0.05) is 32.1 Å². The topological polar surface area (TPSA) is 53.0 Å². The van der Waals surface area contributed by atoms with Crippen LogP contribution in [0, 0.1) is 5.92 Å². The van der Waals surface area contributed by atoms with Gasteiger partial charge in [0.25, 0.3) is 0 Å². The highest BCUT2D eigenvalue weighted by Crippen LogP contribution is 2.49. The molecule has 1 heterocycles. The van der Waals surface area contributed by atoms with E-state index in [0.717, 1.165) is 49.6 Å². The third-order valence-electron chi connectivity index (χ3n) is 5.57. The molecule has 2 aliphatic rings. The molecular weight excluding hydrogens is 352 g/mol. The zero-order valence-corrected chi connectivity index (χ0v) is 16.5. The van der Waals surface area contributed by atoms with Crippen molar-refractivity contribution in [2.24, 2.45) is 5.92 Å². The number of para-hydroxylation sites is 2. The molecule has 0 spiro atoms. The first-order chi connectivity index (χ1) is 13.5. The summed E-state index contributed by atoms with van der Waals surface area (Å²) >= 11 is 0. The number of aromatic hydroxyl groups is 1. The summed E-state index contributed by atoms with van der Waals surface area (Å²) in [6.07, 6.45) is 1.02. The summed E-state index contributed by atoms with van der Waals surface area (Å²) in [5.41, 5.74) is 2.17. The molecule has 0 unspecified atom stereocenters. The third kappa shape index (κ3) is 3.93. The Hall–Kier alpha value is -2.69. The zero-order valence-electron chi connectivity index (χ0n) is 16.5. The molecule has 2 aromatic carbocycles. The number of phenols is 1. The molecule has 2 aromatic rings. The first kappa shape index (κ1) is 18.7. The summed E-state index contributed by atoms with van der Waals surface area (Å²) in [6.45, 7) is 7.16. The minimum Gasteiger partial charge on any atom is -0.508 e. The number of rotatable bonds is 5. The van der Waals surface area contributed by atoms with Crippen LogP contribution in [0.25, 0.3) is 0 Å². The van der Waals surface area contributed by atoms with Gasteiger partial charge < -0.3 is 19.6 Å². The van der Waals surface area contributed by atoms with Gasteiger partial charge in [-0.15, -0.1) is 0 Å². The molecular formula is C23H28N2O3. The summed E-state index contributed by atoms with van der Waals surface area (Å²) in [5.74, 6) is 1.73. The number of hydrogen-bond donors (Lipinski definition) is 1. The summed E-state index contributed by atoms with van der Waals surface area (Å²) in [7, 11) is 0. The van der Waals surface area contributed by atoms with Gasteiger partial charge in [0.15, 0.2) is 0 Å². The highest BCUT2D eigenvalue weighted by Gasteiger charge is 2.46. The van der Waals surface area contributed by atoms with Gasteiger partial charge in [-0.3, -0.25) is 4.79 Å². The zero-order chi connectivity index (χ0) is 19.7. The van der Waals surface area contributed by atoms with E-state index in [0.29, 0.717) is 0 Å². The Balaban J connectivity index is 1.36. The molecule has 0 bridgehead atoms. The van der Waals surface area contributed by atoms with Crippen LogP contribution in [0.1, 0.15) is 31.7 Å². The first-order valence-electron chi connectivity index (χ1n) is 10.1. The van der Waals surface area contributed by atoms with Crippen molar-refractivity contribution in [3.05, 3.63) is 54.1 Å². The number of anilines is 1. The number of phenolic OH excluding ortho intramolecular Hbond substituents is 1. The number of carbonyl (C=O) groups excluding carboxylic acids is 1. The van der Waals surface area contributed by atoms with Gasteiger partial charge in [-0.05, 0) is 56.0 Å². The Kier molecular flexibility index (Phi) is 5.16. The van der Waals surface area contributed by atoms with Crippen LogP contribution in [0.2, 0.25) is 0 Å². The normalized spacial score (nSPS) is 21.7. The van der Waals surface area contributed by atoms with Crippen molar-refractivity contribution in [2.75, 3.05) is 31.1 Å². The number of hydrogen-bond acceptors (Lipinski definition) is 4. The molecule has 1 saturated carbocycles. The Labute approximate surface area is 166 Å². The molecule has 1 aliphatic carbocycles. The van der Waals surface area contributed by atoms with E-state index in [-0.39, 0.29) is 29.6 Å². The van der Waals surface area contributed by atoms with Crippen molar-refractivity contribution in [3.8, 4) is 11.5 Å². The SMILES string of the molecule is CC(C)Oc1ccccc1N1CCN(C(=O)[C@H]2C[C@H]2c2cccc(O)c2)CC1. The van der Waals surface area contributed by atoms with Crippen molar-refractivity contribution in [1.82, 2.24) is 4.90 Å². The highest BCUT2D eigenvalue weighted by molar-refractivity contribution is 5.83. The van der Waals surface area contributed by atoms with Crippen molar-refractivity contribution in [1.29, 1.82) is 0 Å². The number of nitrogens with zero attached hydrogens (tertiary/aromatic N) is 2. The summed E-state index contributed by atoms with van der Waals surface area (Å²) < 4.78 is 5.95. The smallest absolute Gasteiger partial charge is 0.226 e. The standard InChI is InChI=1S/C23H28N2O3/c1-16(2)28-22-9-4-3-8-21(22)24-10-12-25(13-11-24)23(27)20-15-19(20)17-6-5-7-18(26)14-17/h3-9,14,16,19-20,26H,10-13,15H2,1-2H3/t19-,20-/m0/s1. The lowest BCUT2D eigenvalue weighted by Crippen LogP contribution is -2.49. The van der Waals surface area contributed by atoms with E-state index in [1.54, 1.807) is 12.1 Å². The van der Waals surface area contributed by atoms with Crippen molar-refractivity contribution < 1.29 is 14.6 Å². The molecule has 1 saturated heterocycles. The Morgan fingerprint density at radius 2 is 1.82 bits per heavy atom. The summed E-state index contributed by atoms with van der Waals surface area (Å²) in [4.78, 5) is 17.2. The maximum absolute atomic E-state index is 12.9. The number of ether oxygens (including phenoxy) is 1. The Morgan fingerprint density at radius 1 is 1.07 bits per heavy atom. The largest absolute Gasteiger partial charge is 0.508 e. The second kappa shape index (κ2) is 7.74. The van der Waals surface area contributed by atoms with Crippen LogP contribution in [0.4, 0.5) is 5.69 Å². The van der Waals surface area contributed by atoms with Crippen LogP contribution < -0.4 is 9.64 Å². The predicted molar refractivity (Wildman–Crippen MR) is 110 cm³/mol. The van der Waals surface area contributed by atoms with Crippen molar-refractivity contribution >= 4 is 11.6 Å². The molecule has 148 valence electrons. The van der Waals surface area contributed by atoms with Gasteiger partial charge in [-0.2, -0.15) is 0 Å². The van der Waals surface area contributed by atoms with E-state index in [4.69, 9.17) is 4.74 Å². The lowest BCUT2D eigenvalue weighted by atomic mass is 10.1. The van der Waals surface area contributed by atoms with Crippen LogP contribution >= 0.6 is 0 Å². The van der Waals surface area contributed by atoms with Crippen LogP contribution in [0.3, 0.4) is 0 Å². The quantitative estimate of drug-likeness (QED) is 0.861. The van der Waals surface area contributed by atoms with Gasteiger partial charge in [-0.25, -0.2) is 0 Å². The number of benzene rings is 2. The highest BCUT2D eigenvalue weighted by atomic mass is 16.5. The Bertz CT molecular complexity index is 843.